The molecule has 8 heteroatoms. The van der Waals surface area contributed by atoms with E-state index >= 15 is 0 Å². The fraction of sp³-hybridized carbons (Fsp3) is 0.133. The number of aromatic nitrogens is 4. The van der Waals surface area contributed by atoms with Crippen LogP contribution in [0.4, 0.5) is 19.1 Å². The van der Waals surface area contributed by atoms with Gasteiger partial charge in [0, 0.05) is 17.8 Å². The smallest absolute Gasteiger partial charge is 0.228 e. The molecule has 0 aliphatic rings. The average Bonchev–Trinajstić information content (AvgIpc) is 2.97. The van der Waals surface area contributed by atoms with Gasteiger partial charge in [-0.1, -0.05) is 0 Å². The summed E-state index contributed by atoms with van der Waals surface area (Å²) in [5.41, 5.74) is 1.44. The van der Waals surface area contributed by atoms with E-state index in [1.54, 1.807) is 36.1 Å². The molecule has 1 N–H and O–H groups in total. The van der Waals surface area contributed by atoms with Gasteiger partial charge in [-0.3, -0.25) is 0 Å². The number of nitrogens with zero attached hydrogens (tertiary/aromatic N) is 4. The molecule has 0 saturated carbocycles. The highest BCUT2D eigenvalue weighted by molar-refractivity contribution is 5.34. The maximum absolute atomic E-state index is 13.1. The lowest BCUT2D eigenvalue weighted by Gasteiger charge is -2.11. The number of rotatable bonds is 4. The third-order valence-electron chi connectivity index (χ3n) is 3.20. The molecule has 3 rings (SSSR count). The van der Waals surface area contributed by atoms with Crippen molar-refractivity contribution in [2.75, 3.05) is 5.32 Å². The molecule has 1 unspecified atom stereocenters. The largest absolute Gasteiger partial charge is 0.347 e. The first-order chi connectivity index (χ1) is 11.0. The van der Waals surface area contributed by atoms with Crippen LogP contribution in [0, 0.1) is 17.7 Å². The molecule has 0 fully saturated rings. The maximum Gasteiger partial charge on any atom is 0.228 e. The highest BCUT2D eigenvalue weighted by Gasteiger charge is 2.12. The number of halogens is 3. The fourth-order valence-corrected chi connectivity index (χ4v) is 2.03. The first-order valence-corrected chi connectivity index (χ1v) is 6.78. The molecule has 3 aromatic rings. The van der Waals surface area contributed by atoms with Crippen molar-refractivity contribution in [2.24, 2.45) is 0 Å². The Morgan fingerprint density at radius 2 is 1.70 bits per heavy atom. The Kier molecular flexibility index (Phi) is 3.96. The van der Waals surface area contributed by atoms with Gasteiger partial charge in [-0.05, 0) is 31.2 Å². The van der Waals surface area contributed by atoms with Gasteiger partial charge >= 0.3 is 0 Å². The highest BCUT2D eigenvalue weighted by Crippen LogP contribution is 2.18. The second kappa shape index (κ2) is 6.07. The van der Waals surface area contributed by atoms with E-state index < -0.39 is 11.9 Å². The Morgan fingerprint density at radius 3 is 2.35 bits per heavy atom. The van der Waals surface area contributed by atoms with E-state index in [2.05, 4.69) is 20.4 Å². The summed E-state index contributed by atoms with van der Waals surface area (Å²) < 4.78 is 40.6. The quantitative estimate of drug-likeness (QED) is 0.750. The Labute approximate surface area is 129 Å². The molecular formula is C15H12F3N5. The minimum atomic E-state index is -0.950. The van der Waals surface area contributed by atoms with Crippen LogP contribution in [0.3, 0.4) is 0 Å². The Bertz CT molecular complexity index is 796. The summed E-state index contributed by atoms with van der Waals surface area (Å²) in [6, 6.07) is 6.13. The summed E-state index contributed by atoms with van der Waals surface area (Å²) in [5.74, 6) is -2.38. The Balaban J connectivity index is 1.78. The van der Waals surface area contributed by atoms with Gasteiger partial charge in [0.2, 0.25) is 17.8 Å². The minimum Gasteiger partial charge on any atom is -0.347 e. The van der Waals surface area contributed by atoms with Crippen LogP contribution in [0.15, 0.2) is 42.7 Å². The van der Waals surface area contributed by atoms with Gasteiger partial charge in [0.25, 0.3) is 0 Å². The van der Waals surface area contributed by atoms with E-state index in [-0.39, 0.29) is 17.8 Å². The summed E-state index contributed by atoms with van der Waals surface area (Å²) >= 11 is 0. The third-order valence-corrected chi connectivity index (χ3v) is 3.20. The van der Waals surface area contributed by atoms with Crippen LogP contribution < -0.4 is 5.32 Å². The van der Waals surface area contributed by atoms with Gasteiger partial charge in [0.1, 0.15) is 5.82 Å². The number of nitrogens with one attached hydrogen (secondary N) is 1. The van der Waals surface area contributed by atoms with Gasteiger partial charge < -0.3 is 5.32 Å². The zero-order chi connectivity index (χ0) is 16.4. The molecule has 1 atom stereocenters. The van der Waals surface area contributed by atoms with Gasteiger partial charge in [0.05, 0.1) is 17.9 Å². The van der Waals surface area contributed by atoms with E-state index in [9.17, 15) is 13.2 Å². The lowest BCUT2D eigenvalue weighted by atomic mass is 10.2. The highest BCUT2D eigenvalue weighted by atomic mass is 19.1. The molecule has 0 bridgehead atoms. The molecule has 0 aliphatic heterocycles. The van der Waals surface area contributed by atoms with Crippen LogP contribution in [0.25, 0.3) is 5.69 Å². The van der Waals surface area contributed by atoms with E-state index in [0.717, 1.165) is 5.56 Å². The fourth-order valence-electron chi connectivity index (χ4n) is 2.03. The summed E-state index contributed by atoms with van der Waals surface area (Å²) in [7, 11) is 0. The van der Waals surface area contributed by atoms with Gasteiger partial charge in [-0.2, -0.15) is 23.8 Å². The third kappa shape index (κ3) is 3.47. The number of hydrogen-bond acceptors (Lipinski definition) is 4. The molecule has 1 aromatic carbocycles. The van der Waals surface area contributed by atoms with Gasteiger partial charge in [-0.25, -0.2) is 9.07 Å². The Morgan fingerprint density at radius 1 is 1.04 bits per heavy atom. The van der Waals surface area contributed by atoms with Crippen LogP contribution in [0.5, 0.6) is 0 Å². The van der Waals surface area contributed by atoms with Crippen molar-refractivity contribution in [1.82, 2.24) is 19.7 Å². The first kappa shape index (κ1) is 15.0. The zero-order valence-electron chi connectivity index (χ0n) is 12.0. The van der Waals surface area contributed by atoms with Crippen LogP contribution >= 0.6 is 0 Å². The van der Waals surface area contributed by atoms with Crippen LogP contribution in [-0.2, 0) is 0 Å². The molecule has 0 aliphatic carbocycles. The van der Waals surface area contributed by atoms with Crippen molar-refractivity contribution in [1.29, 1.82) is 0 Å². The summed E-state index contributed by atoms with van der Waals surface area (Å²) in [6.07, 6.45) is 3.32. The summed E-state index contributed by atoms with van der Waals surface area (Å²) in [4.78, 5) is 6.95. The lowest BCUT2D eigenvalue weighted by Crippen LogP contribution is -2.10. The summed E-state index contributed by atoms with van der Waals surface area (Å²) in [6.45, 7) is 1.78. The predicted octanol–water partition coefficient (Wildman–Crippen LogP) is 3.25. The van der Waals surface area contributed by atoms with Crippen molar-refractivity contribution in [2.45, 2.75) is 13.0 Å². The molecule has 0 amide bonds. The lowest BCUT2D eigenvalue weighted by molar-refractivity contribution is 0.526. The molecule has 0 spiro atoms. The van der Waals surface area contributed by atoms with Gasteiger partial charge in [-0.15, -0.1) is 0 Å². The monoisotopic (exact) mass is 319 g/mol. The maximum atomic E-state index is 13.1. The van der Waals surface area contributed by atoms with Crippen LogP contribution in [-0.4, -0.2) is 19.7 Å². The molecular weight excluding hydrogens is 307 g/mol. The normalized spacial score (nSPS) is 12.2. The van der Waals surface area contributed by atoms with E-state index in [1.807, 2.05) is 0 Å². The molecule has 2 aromatic heterocycles. The second-order valence-electron chi connectivity index (χ2n) is 4.90. The van der Waals surface area contributed by atoms with Crippen molar-refractivity contribution in [3.05, 3.63) is 66.0 Å². The molecule has 0 radical (unpaired) electrons. The number of benzene rings is 1. The molecule has 118 valence electrons. The molecule has 5 nitrogen and oxygen atoms in total. The van der Waals surface area contributed by atoms with E-state index in [1.165, 1.54) is 12.1 Å². The molecule has 0 saturated heterocycles. The first-order valence-electron chi connectivity index (χ1n) is 6.78. The van der Waals surface area contributed by atoms with Crippen LogP contribution in [0.2, 0.25) is 0 Å². The predicted molar refractivity (Wildman–Crippen MR) is 77.5 cm³/mol. The topological polar surface area (TPSA) is 55.6 Å². The number of anilines is 1. The van der Waals surface area contributed by atoms with Crippen molar-refractivity contribution < 1.29 is 13.2 Å². The Hall–Kier alpha value is -2.90. The van der Waals surface area contributed by atoms with Crippen LogP contribution in [0.1, 0.15) is 18.5 Å². The zero-order valence-corrected chi connectivity index (χ0v) is 12.0. The van der Waals surface area contributed by atoms with Gasteiger partial charge in [0.15, 0.2) is 0 Å². The van der Waals surface area contributed by atoms with Crippen molar-refractivity contribution in [3.8, 4) is 5.69 Å². The average molecular weight is 319 g/mol. The molecule has 23 heavy (non-hydrogen) atoms. The van der Waals surface area contributed by atoms with Crippen molar-refractivity contribution in [3.63, 3.8) is 0 Å². The SMILES string of the molecule is CC(Nc1nc(F)cc(F)n1)c1cnn(-c2ccc(F)cc2)c1. The van der Waals surface area contributed by atoms with E-state index in [4.69, 9.17) is 0 Å². The van der Waals surface area contributed by atoms with Crippen molar-refractivity contribution >= 4 is 5.95 Å². The standard InChI is InChI=1S/C15H12F3N5/c1-9(20-15-21-13(17)6-14(18)22-15)10-7-19-23(8-10)12-4-2-11(16)3-5-12/h2-9H,1H3,(H,20,21,22). The number of hydrogen-bond donors (Lipinski definition) is 1. The second-order valence-corrected chi connectivity index (χ2v) is 4.90. The minimum absolute atomic E-state index is 0.149. The summed E-state index contributed by atoms with van der Waals surface area (Å²) in [5, 5.41) is 6.98. The van der Waals surface area contributed by atoms with E-state index in [0.29, 0.717) is 11.8 Å². The molecule has 2 heterocycles.